The van der Waals surface area contributed by atoms with Crippen molar-refractivity contribution in [1.82, 2.24) is 25.1 Å². The van der Waals surface area contributed by atoms with Gasteiger partial charge in [-0.3, -0.25) is 14.8 Å². The summed E-state index contributed by atoms with van der Waals surface area (Å²) in [4.78, 5) is 23.2. The first-order valence-electron chi connectivity index (χ1n) is 9.40. The van der Waals surface area contributed by atoms with Crippen molar-refractivity contribution >= 4 is 22.5 Å². The Kier molecular flexibility index (Phi) is 5.31. The van der Waals surface area contributed by atoms with Gasteiger partial charge in [-0.2, -0.15) is 5.10 Å². The van der Waals surface area contributed by atoms with Crippen molar-refractivity contribution < 1.29 is 4.79 Å². The van der Waals surface area contributed by atoms with Gasteiger partial charge in [0.1, 0.15) is 6.33 Å². The summed E-state index contributed by atoms with van der Waals surface area (Å²) in [5, 5.41) is 10.8. The molecule has 1 amide bonds. The largest absolute Gasteiger partial charge is 0.322 e. The number of nitrogens with one attached hydrogen (secondary N) is 2. The van der Waals surface area contributed by atoms with Crippen LogP contribution in [-0.2, 0) is 6.54 Å². The van der Waals surface area contributed by atoms with Gasteiger partial charge in [0.05, 0.1) is 17.4 Å². The monoisotopic (exact) mass is 386 g/mol. The maximum absolute atomic E-state index is 12.7. The molecule has 2 heterocycles. The summed E-state index contributed by atoms with van der Waals surface area (Å²) in [6.07, 6.45) is 5.05. The smallest absolute Gasteiger partial charge is 0.255 e. The number of anilines is 1. The quantitative estimate of drug-likeness (QED) is 0.526. The third kappa shape index (κ3) is 4.30. The summed E-state index contributed by atoms with van der Waals surface area (Å²) in [5.74, 6) is -0.138. The SMILES string of the molecule is C[C@@H](c1ccncn1)N(C)Cc1cccc(C(=O)Nc2ccc3[nH]ncc3c2)c1. The Labute approximate surface area is 168 Å². The van der Waals surface area contributed by atoms with Crippen LogP contribution in [0.15, 0.2) is 67.3 Å². The van der Waals surface area contributed by atoms with Gasteiger partial charge in [0.15, 0.2) is 0 Å². The molecule has 0 spiro atoms. The minimum Gasteiger partial charge on any atom is -0.322 e. The lowest BCUT2D eigenvalue weighted by Gasteiger charge is -2.24. The van der Waals surface area contributed by atoms with E-state index in [1.807, 2.05) is 55.6 Å². The number of carbonyl (C=O) groups is 1. The number of carbonyl (C=O) groups excluding carboxylic acids is 1. The summed E-state index contributed by atoms with van der Waals surface area (Å²) < 4.78 is 0. The molecular weight excluding hydrogens is 364 g/mol. The van der Waals surface area contributed by atoms with Crippen molar-refractivity contribution in [3.05, 3.63) is 84.1 Å². The Morgan fingerprint density at radius 3 is 2.93 bits per heavy atom. The Morgan fingerprint density at radius 1 is 1.21 bits per heavy atom. The molecule has 0 saturated heterocycles. The van der Waals surface area contributed by atoms with Crippen molar-refractivity contribution in [2.45, 2.75) is 19.5 Å². The highest BCUT2D eigenvalue weighted by Crippen LogP contribution is 2.20. The maximum Gasteiger partial charge on any atom is 0.255 e. The second-order valence-corrected chi connectivity index (χ2v) is 7.05. The van der Waals surface area contributed by atoms with Gasteiger partial charge in [-0.1, -0.05) is 12.1 Å². The fourth-order valence-corrected chi connectivity index (χ4v) is 3.23. The topological polar surface area (TPSA) is 86.8 Å². The third-order valence-electron chi connectivity index (χ3n) is 5.01. The number of aromatic nitrogens is 4. The van der Waals surface area contributed by atoms with E-state index in [2.05, 4.69) is 37.3 Å². The predicted molar refractivity (Wildman–Crippen MR) is 112 cm³/mol. The molecule has 29 heavy (non-hydrogen) atoms. The zero-order valence-electron chi connectivity index (χ0n) is 16.3. The molecule has 0 fully saturated rings. The van der Waals surface area contributed by atoms with Crippen LogP contribution in [0.25, 0.3) is 10.9 Å². The summed E-state index contributed by atoms with van der Waals surface area (Å²) >= 11 is 0. The highest BCUT2D eigenvalue weighted by molar-refractivity contribution is 6.05. The van der Waals surface area contributed by atoms with Gasteiger partial charge in [0.2, 0.25) is 0 Å². The highest BCUT2D eigenvalue weighted by atomic mass is 16.1. The summed E-state index contributed by atoms with van der Waals surface area (Å²) in [6.45, 7) is 2.80. The first kappa shape index (κ1) is 18.8. The molecule has 0 bridgehead atoms. The van der Waals surface area contributed by atoms with Crippen LogP contribution < -0.4 is 5.32 Å². The molecule has 146 valence electrons. The fraction of sp³-hybridized carbons (Fsp3) is 0.182. The van der Waals surface area contributed by atoms with E-state index in [0.717, 1.165) is 27.8 Å². The van der Waals surface area contributed by atoms with E-state index in [9.17, 15) is 4.79 Å². The Balaban J connectivity index is 1.45. The number of benzene rings is 2. The Morgan fingerprint density at radius 2 is 2.10 bits per heavy atom. The van der Waals surface area contributed by atoms with E-state index in [1.54, 1.807) is 18.7 Å². The molecule has 1 atom stereocenters. The molecule has 0 aliphatic carbocycles. The normalized spacial score (nSPS) is 12.2. The van der Waals surface area contributed by atoms with Crippen LogP contribution in [0.3, 0.4) is 0 Å². The van der Waals surface area contributed by atoms with Crippen LogP contribution in [0.5, 0.6) is 0 Å². The van der Waals surface area contributed by atoms with Crippen LogP contribution in [-0.4, -0.2) is 38.0 Å². The molecule has 0 unspecified atom stereocenters. The molecule has 4 aromatic rings. The van der Waals surface area contributed by atoms with Crippen molar-refractivity contribution in [3.8, 4) is 0 Å². The van der Waals surface area contributed by atoms with Gasteiger partial charge in [0.25, 0.3) is 5.91 Å². The first-order valence-corrected chi connectivity index (χ1v) is 9.40. The van der Waals surface area contributed by atoms with Crippen LogP contribution in [0.2, 0.25) is 0 Å². The summed E-state index contributed by atoms with van der Waals surface area (Å²) in [7, 11) is 2.04. The number of H-pyrrole nitrogens is 1. The van der Waals surface area contributed by atoms with Gasteiger partial charge < -0.3 is 5.32 Å². The van der Waals surface area contributed by atoms with Gasteiger partial charge in [-0.05, 0) is 55.9 Å². The molecular formula is C22H22N6O. The lowest BCUT2D eigenvalue weighted by atomic mass is 10.1. The van der Waals surface area contributed by atoms with Crippen molar-refractivity contribution in [3.63, 3.8) is 0 Å². The summed E-state index contributed by atoms with van der Waals surface area (Å²) in [6, 6.07) is 15.4. The molecule has 2 N–H and O–H groups in total. The fourth-order valence-electron chi connectivity index (χ4n) is 3.23. The second kappa shape index (κ2) is 8.20. The van der Waals surface area contributed by atoms with E-state index < -0.39 is 0 Å². The second-order valence-electron chi connectivity index (χ2n) is 7.05. The lowest BCUT2D eigenvalue weighted by molar-refractivity contribution is 0.102. The summed E-state index contributed by atoms with van der Waals surface area (Å²) in [5.41, 5.74) is 4.32. The zero-order chi connectivity index (χ0) is 20.2. The standard InChI is InChI=1S/C22H22N6O/c1-15(20-8-9-23-14-24-20)28(2)13-16-4-3-5-17(10-16)22(29)26-19-6-7-21-18(11-19)12-25-27-21/h3-12,14-15H,13H2,1-2H3,(H,25,27)(H,26,29)/t15-/m0/s1. The minimum absolute atomic E-state index is 0.136. The van der Waals surface area contributed by atoms with Gasteiger partial charge >= 0.3 is 0 Å². The molecule has 0 radical (unpaired) electrons. The molecule has 0 saturated carbocycles. The molecule has 2 aromatic carbocycles. The molecule has 0 aliphatic rings. The molecule has 7 heteroatoms. The molecule has 0 aliphatic heterocycles. The van der Waals surface area contributed by atoms with E-state index >= 15 is 0 Å². The van der Waals surface area contributed by atoms with E-state index in [1.165, 1.54) is 0 Å². The van der Waals surface area contributed by atoms with Gasteiger partial charge in [-0.25, -0.2) is 9.97 Å². The molecule has 2 aromatic heterocycles. The number of amides is 1. The average Bonchev–Trinajstić information content (AvgIpc) is 3.22. The van der Waals surface area contributed by atoms with E-state index in [-0.39, 0.29) is 11.9 Å². The van der Waals surface area contributed by atoms with Crippen LogP contribution in [0, 0.1) is 0 Å². The van der Waals surface area contributed by atoms with E-state index in [4.69, 9.17) is 0 Å². The van der Waals surface area contributed by atoms with Crippen LogP contribution >= 0.6 is 0 Å². The first-order chi connectivity index (χ1) is 14.1. The number of aromatic amines is 1. The highest BCUT2D eigenvalue weighted by Gasteiger charge is 2.14. The van der Waals surface area contributed by atoms with Crippen molar-refractivity contribution in [2.75, 3.05) is 12.4 Å². The molecule has 4 rings (SSSR count). The molecule has 7 nitrogen and oxygen atoms in total. The maximum atomic E-state index is 12.7. The number of rotatable bonds is 6. The van der Waals surface area contributed by atoms with Gasteiger partial charge in [0, 0.05) is 35.4 Å². The average molecular weight is 386 g/mol. The number of hydrogen-bond acceptors (Lipinski definition) is 5. The van der Waals surface area contributed by atoms with Crippen molar-refractivity contribution in [1.29, 1.82) is 0 Å². The number of hydrogen-bond donors (Lipinski definition) is 2. The van der Waals surface area contributed by atoms with Crippen LogP contribution in [0.4, 0.5) is 5.69 Å². The number of nitrogens with zero attached hydrogens (tertiary/aromatic N) is 4. The predicted octanol–water partition coefficient (Wildman–Crippen LogP) is 3.80. The van der Waals surface area contributed by atoms with Crippen molar-refractivity contribution in [2.24, 2.45) is 0 Å². The Hall–Kier alpha value is -3.58. The van der Waals surface area contributed by atoms with Crippen LogP contribution in [0.1, 0.15) is 34.6 Å². The van der Waals surface area contributed by atoms with Gasteiger partial charge in [-0.15, -0.1) is 0 Å². The zero-order valence-corrected chi connectivity index (χ0v) is 16.3. The lowest BCUT2D eigenvalue weighted by Crippen LogP contribution is -2.23. The number of fused-ring (bicyclic) bond motifs is 1. The van der Waals surface area contributed by atoms with E-state index in [0.29, 0.717) is 12.1 Å². The third-order valence-corrected chi connectivity index (χ3v) is 5.01. The Bertz CT molecular complexity index is 1120. The minimum atomic E-state index is -0.138.